The lowest BCUT2D eigenvalue weighted by molar-refractivity contribution is -0.141. The number of nitrogens with two attached hydrogens (primary N) is 1. The summed E-state index contributed by atoms with van der Waals surface area (Å²) in [5, 5.41) is 3.81. The molecule has 4 heterocycles. The molecule has 8 nitrogen and oxygen atoms in total. The van der Waals surface area contributed by atoms with Crippen molar-refractivity contribution in [2.24, 2.45) is 5.92 Å². The second-order valence-corrected chi connectivity index (χ2v) is 12.4. The summed E-state index contributed by atoms with van der Waals surface area (Å²) in [6, 6.07) is 9.56. The van der Waals surface area contributed by atoms with Crippen molar-refractivity contribution in [2.45, 2.75) is 64.7 Å². The average Bonchev–Trinajstić information content (AvgIpc) is 3.29. The Morgan fingerprint density at radius 1 is 1.12 bits per heavy atom. The number of alkyl halides is 3. The van der Waals surface area contributed by atoms with Gasteiger partial charge in [-0.2, -0.15) is 13.2 Å². The first-order valence-electron chi connectivity index (χ1n) is 13.7. The smallest absolute Gasteiger partial charge is 0.433 e. The van der Waals surface area contributed by atoms with E-state index in [1.54, 1.807) is 12.1 Å². The number of thiazole rings is 1. The number of ether oxygens (including phenoxy) is 1. The zero-order valence-electron chi connectivity index (χ0n) is 23.5. The summed E-state index contributed by atoms with van der Waals surface area (Å²) in [7, 11) is 0. The van der Waals surface area contributed by atoms with Crippen LogP contribution in [0.25, 0.3) is 21.5 Å². The average molecular weight is 586 g/mol. The van der Waals surface area contributed by atoms with E-state index in [9.17, 15) is 13.2 Å². The fourth-order valence-electron chi connectivity index (χ4n) is 5.48. The van der Waals surface area contributed by atoms with Gasteiger partial charge in [-0.25, -0.2) is 19.9 Å². The zero-order chi connectivity index (χ0) is 29.4. The number of aromatic nitrogens is 4. The van der Waals surface area contributed by atoms with E-state index in [0.29, 0.717) is 33.6 Å². The van der Waals surface area contributed by atoms with Crippen LogP contribution in [0.15, 0.2) is 42.7 Å². The number of anilines is 2. The third-order valence-electron chi connectivity index (χ3n) is 7.20. The van der Waals surface area contributed by atoms with Gasteiger partial charge >= 0.3 is 6.18 Å². The molecule has 41 heavy (non-hydrogen) atoms. The van der Waals surface area contributed by atoms with E-state index < -0.39 is 17.4 Å². The van der Waals surface area contributed by atoms with Crippen LogP contribution in [0.1, 0.15) is 52.7 Å². The molecule has 0 aliphatic carbocycles. The molecule has 1 aromatic carbocycles. The quantitative estimate of drug-likeness (QED) is 0.223. The number of hydrogen-bond acceptors (Lipinski definition) is 9. The molecule has 0 amide bonds. The predicted molar refractivity (Wildman–Crippen MR) is 156 cm³/mol. The summed E-state index contributed by atoms with van der Waals surface area (Å²) in [6.45, 7) is 10.3. The number of para-hydroxylation sites is 1. The summed E-state index contributed by atoms with van der Waals surface area (Å²) in [6.07, 6.45) is -0.159. The van der Waals surface area contributed by atoms with E-state index in [2.05, 4.69) is 44.0 Å². The monoisotopic (exact) mass is 585 g/mol. The molecule has 1 fully saturated rings. The summed E-state index contributed by atoms with van der Waals surface area (Å²) in [4.78, 5) is 19.4. The Bertz CT molecular complexity index is 1520. The van der Waals surface area contributed by atoms with Crippen molar-refractivity contribution in [3.63, 3.8) is 0 Å². The minimum atomic E-state index is -4.60. The fraction of sp³-hybridized carbons (Fsp3) is 0.448. The number of pyridine rings is 1. The van der Waals surface area contributed by atoms with Gasteiger partial charge in [-0.3, -0.25) is 4.90 Å². The molecule has 4 aromatic rings. The lowest BCUT2D eigenvalue weighted by Gasteiger charge is -2.46. The van der Waals surface area contributed by atoms with E-state index >= 15 is 0 Å². The van der Waals surface area contributed by atoms with Crippen LogP contribution in [0.2, 0.25) is 0 Å². The molecule has 1 unspecified atom stereocenters. The van der Waals surface area contributed by atoms with Crippen LogP contribution in [0.3, 0.4) is 0 Å². The molecule has 1 aliphatic heterocycles. The molecular weight excluding hydrogens is 551 g/mol. The van der Waals surface area contributed by atoms with Gasteiger partial charge in [0.1, 0.15) is 23.4 Å². The molecule has 0 radical (unpaired) electrons. The number of piperidine rings is 1. The van der Waals surface area contributed by atoms with Crippen LogP contribution in [0.5, 0.6) is 11.6 Å². The highest BCUT2D eigenvalue weighted by Crippen LogP contribution is 2.38. The highest BCUT2D eigenvalue weighted by atomic mass is 32.1. The van der Waals surface area contributed by atoms with Gasteiger partial charge in [0.05, 0.1) is 10.4 Å². The maximum atomic E-state index is 13.8. The van der Waals surface area contributed by atoms with Crippen molar-refractivity contribution >= 4 is 32.5 Å². The summed E-state index contributed by atoms with van der Waals surface area (Å²) < 4.78 is 48.2. The van der Waals surface area contributed by atoms with Gasteiger partial charge in [-0.1, -0.05) is 37.7 Å². The molecule has 0 spiro atoms. The van der Waals surface area contributed by atoms with Gasteiger partial charge in [0.2, 0.25) is 5.88 Å². The summed E-state index contributed by atoms with van der Waals surface area (Å²) in [5.41, 5.74) is 5.73. The number of fused-ring (bicyclic) bond motifs is 1. The largest absolute Gasteiger partial charge is 0.437 e. The van der Waals surface area contributed by atoms with Crippen molar-refractivity contribution in [1.29, 1.82) is 0 Å². The number of rotatable bonds is 8. The zero-order valence-corrected chi connectivity index (χ0v) is 24.3. The maximum Gasteiger partial charge on any atom is 0.433 e. The first kappa shape index (κ1) is 29.0. The van der Waals surface area contributed by atoms with Crippen LogP contribution >= 0.6 is 11.3 Å². The number of halogens is 3. The molecular formula is C29H34F3N7OS. The van der Waals surface area contributed by atoms with Gasteiger partial charge in [-0.05, 0) is 63.4 Å². The van der Waals surface area contributed by atoms with Gasteiger partial charge < -0.3 is 15.8 Å². The minimum absolute atomic E-state index is 0.110. The number of nitrogens with one attached hydrogen (secondary N) is 1. The Hall–Kier alpha value is -3.51. The fourth-order valence-corrected chi connectivity index (χ4v) is 6.23. The third kappa shape index (κ3) is 6.54. The molecule has 1 saturated heterocycles. The number of nitrogen functional groups attached to an aromatic ring is 1. The lowest BCUT2D eigenvalue weighted by Crippen LogP contribution is -2.56. The molecule has 3 N–H and O–H groups in total. The predicted octanol–water partition coefficient (Wildman–Crippen LogP) is 7.24. The minimum Gasteiger partial charge on any atom is -0.437 e. The van der Waals surface area contributed by atoms with Crippen molar-refractivity contribution in [2.75, 3.05) is 24.1 Å². The van der Waals surface area contributed by atoms with Gasteiger partial charge in [0, 0.05) is 29.8 Å². The number of benzene rings is 1. The number of likely N-dealkylation sites (tertiary alicyclic amines) is 1. The van der Waals surface area contributed by atoms with Crippen LogP contribution in [-0.2, 0) is 6.18 Å². The van der Waals surface area contributed by atoms with Crippen LogP contribution in [0, 0.1) is 5.92 Å². The normalized spacial score (nSPS) is 16.8. The van der Waals surface area contributed by atoms with Crippen LogP contribution < -0.4 is 15.8 Å². The Balaban J connectivity index is 1.50. The SMILES string of the molecule is CC(C)CN1CCCCC1C(C)(C)Nc1nc(C(F)(F)F)ccc1-c1cc(Oc2cccc3sc(N)nc23)ncn1. The molecule has 0 saturated carbocycles. The molecule has 0 bridgehead atoms. The first-order chi connectivity index (χ1) is 19.4. The van der Waals surface area contributed by atoms with Crippen LogP contribution in [0.4, 0.5) is 24.1 Å². The highest BCUT2D eigenvalue weighted by Gasteiger charge is 2.38. The number of nitrogens with zero attached hydrogens (tertiary/aromatic N) is 5. The Labute approximate surface area is 241 Å². The third-order valence-corrected chi connectivity index (χ3v) is 8.05. The molecule has 1 atom stereocenters. The van der Waals surface area contributed by atoms with Gasteiger partial charge in [0.15, 0.2) is 10.9 Å². The Morgan fingerprint density at radius 3 is 2.68 bits per heavy atom. The molecule has 3 aromatic heterocycles. The Morgan fingerprint density at radius 2 is 1.93 bits per heavy atom. The second kappa shape index (κ2) is 11.4. The van der Waals surface area contributed by atoms with Crippen LogP contribution in [-0.4, -0.2) is 49.5 Å². The van der Waals surface area contributed by atoms with E-state index in [1.807, 2.05) is 26.0 Å². The first-order valence-corrected chi connectivity index (χ1v) is 14.5. The number of hydrogen-bond donors (Lipinski definition) is 2. The highest BCUT2D eigenvalue weighted by molar-refractivity contribution is 7.22. The van der Waals surface area contributed by atoms with Gasteiger partial charge in [0.25, 0.3) is 0 Å². The van der Waals surface area contributed by atoms with E-state index in [4.69, 9.17) is 10.5 Å². The molecule has 5 rings (SSSR count). The van der Waals surface area contributed by atoms with Crippen molar-refractivity contribution < 1.29 is 17.9 Å². The molecule has 1 aliphatic rings. The van der Waals surface area contributed by atoms with Crippen molar-refractivity contribution in [3.05, 3.63) is 48.4 Å². The van der Waals surface area contributed by atoms with E-state index in [0.717, 1.165) is 43.1 Å². The standard InChI is InChI=1S/C29H34F3N7OS/c1-17(2)15-39-13-6-5-10-23(39)28(3,4)38-26-18(11-12-22(36-26)29(30,31)32)19-14-24(35-16-34-19)40-20-8-7-9-21-25(20)37-27(33)41-21/h7-9,11-12,14,16-17,23H,5-6,10,13,15H2,1-4H3,(H2,33,37)(H,36,38). The second-order valence-electron chi connectivity index (χ2n) is 11.3. The molecule has 12 heteroatoms. The maximum absolute atomic E-state index is 13.8. The van der Waals surface area contributed by atoms with E-state index in [1.165, 1.54) is 23.7 Å². The summed E-state index contributed by atoms with van der Waals surface area (Å²) >= 11 is 1.34. The Kier molecular flexibility index (Phi) is 8.06. The van der Waals surface area contributed by atoms with E-state index in [-0.39, 0.29) is 17.7 Å². The topological polar surface area (TPSA) is 102 Å². The van der Waals surface area contributed by atoms with Crippen molar-refractivity contribution in [3.8, 4) is 22.9 Å². The van der Waals surface area contributed by atoms with Crippen molar-refractivity contribution in [1.82, 2.24) is 24.8 Å². The molecule has 218 valence electrons. The lowest BCUT2D eigenvalue weighted by atomic mass is 9.85. The summed E-state index contributed by atoms with van der Waals surface area (Å²) in [5.74, 6) is 1.26. The van der Waals surface area contributed by atoms with Gasteiger partial charge in [-0.15, -0.1) is 0 Å².